The van der Waals surface area contributed by atoms with E-state index in [1.165, 1.54) is 0 Å². The summed E-state index contributed by atoms with van der Waals surface area (Å²) in [4.78, 5) is 40.1. The second-order valence-corrected chi connectivity index (χ2v) is 5.36. The van der Waals surface area contributed by atoms with Crippen molar-refractivity contribution in [2.24, 2.45) is 0 Å². The van der Waals surface area contributed by atoms with Gasteiger partial charge in [0, 0.05) is 11.2 Å². The Bertz CT molecular complexity index is 787. The summed E-state index contributed by atoms with van der Waals surface area (Å²) >= 11 is 6.03. The van der Waals surface area contributed by atoms with Crippen LogP contribution in [0, 0.1) is 0 Å². The summed E-state index contributed by atoms with van der Waals surface area (Å²) < 4.78 is 0. The Kier molecular flexibility index (Phi) is 5.67. The molecule has 24 heavy (non-hydrogen) atoms. The molecule has 0 spiro atoms. The number of carboxylic acid groups (broad SMARTS) is 1. The van der Waals surface area contributed by atoms with E-state index in [9.17, 15) is 19.5 Å². The van der Waals surface area contributed by atoms with E-state index in [-0.39, 0.29) is 12.1 Å². The smallest absolute Gasteiger partial charge is 0.334 e. The molecule has 1 heterocycles. The Labute approximate surface area is 141 Å². The van der Waals surface area contributed by atoms with Crippen LogP contribution in [-0.2, 0) is 11.2 Å². The molecule has 0 bridgehead atoms. The predicted molar refractivity (Wildman–Crippen MR) is 84.9 cm³/mol. The molecule has 2 atom stereocenters. The van der Waals surface area contributed by atoms with Crippen LogP contribution >= 0.6 is 11.6 Å². The van der Waals surface area contributed by atoms with Gasteiger partial charge >= 0.3 is 5.97 Å². The van der Waals surface area contributed by atoms with Gasteiger partial charge in [0.2, 0.25) is 0 Å². The number of hydrogen-bond acceptors (Lipinski definition) is 5. The Morgan fingerprint density at radius 1 is 1.33 bits per heavy atom. The summed E-state index contributed by atoms with van der Waals surface area (Å²) in [5, 5.41) is 21.6. The lowest BCUT2D eigenvalue weighted by molar-refractivity contribution is -0.148. The van der Waals surface area contributed by atoms with E-state index in [2.05, 4.69) is 15.3 Å². The zero-order chi connectivity index (χ0) is 17.7. The van der Waals surface area contributed by atoms with Crippen LogP contribution in [0.3, 0.4) is 0 Å². The molecule has 0 fully saturated rings. The summed E-state index contributed by atoms with van der Waals surface area (Å²) in [7, 11) is 0. The number of carboxylic acids is 1. The lowest BCUT2D eigenvalue weighted by Crippen LogP contribution is -2.48. The number of nitrogens with one attached hydrogen (secondary N) is 2. The van der Waals surface area contributed by atoms with Gasteiger partial charge in [-0.25, -0.2) is 9.78 Å². The Hall–Kier alpha value is -2.71. The maximum absolute atomic E-state index is 12.1. The third-order valence-corrected chi connectivity index (χ3v) is 3.62. The lowest BCUT2D eigenvalue weighted by Gasteiger charge is -2.21. The van der Waals surface area contributed by atoms with Crippen molar-refractivity contribution in [2.45, 2.75) is 18.6 Å². The number of aliphatic hydroxyl groups is 1. The van der Waals surface area contributed by atoms with E-state index in [4.69, 9.17) is 16.7 Å². The number of hydrogen-bond donors (Lipinski definition) is 4. The van der Waals surface area contributed by atoms with E-state index in [1.807, 2.05) is 0 Å². The zero-order valence-corrected chi connectivity index (χ0v) is 13.0. The average Bonchev–Trinajstić information content (AvgIpc) is 2.56. The fraction of sp³-hybridized carbons (Fsp3) is 0.200. The van der Waals surface area contributed by atoms with E-state index in [1.54, 1.807) is 24.3 Å². The molecule has 0 aliphatic carbocycles. The molecule has 126 valence electrons. The number of halogens is 1. The standard InChI is InChI=1S/C15H14ClN3O5/c16-9-4-2-1-3-8(9)5-10(13(21)15(23)24)19-14(22)11-6-18-12(20)7-17-11/h1-4,6-7,10,13,21H,5H2,(H,18,20)(H,19,22)(H,23,24)/t10-,13-/m1/s1. The Morgan fingerprint density at radius 2 is 2.04 bits per heavy atom. The number of amides is 1. The largest absolute Gasteiger partial charge is 0.479 e. The van der Waals surface area contributed by atoms with Gasteiger partial charge in [-0.1, -0.05) is 29.8 Å². The molecule has 2 aromatic rings. The highest BCUT2D eigenvalue weighted by atomic mass is 35.5. The first-order chi connectivity index (χ1) is 11.4. The molecule has 0 saturated heterocycles. The van der Waals surface area contributed by atoms with Crippen LogP contribution in [0.15, 0.2) is 41.5 Å². The first-order valence-electron chi connectivity index (χ1n) is 6.88. The van der Waals surface area contributed by atoms with Crippen LogP contribution in [0.1, 0.15) is 16.1 Å². The summed E-state index contributed by atoms with van der Waals surface area (Å²) in [5.41, 5.74) is -0.0275. The van der Waals surface area contributed by atoms with Crippen molar-refractivity contribution in [1.29, 1.82) is 0 Å². The molecule has 0 unspecified atom stereocenters. The van der Waals surface area contributed by atoms with E-state index < -0.39 is 29.6 Å². The summed E-state index contributed by atoms with van der Waals surface area (Å²) in [6.07, 6.45) is 0.179. The number of aliphatic carboxylic acids is 1. The highest BCUT2D eigenvalue weighted by Crippen LogP contribution is 2.18. The molecule has 9 heteroatoms. The molecule has 2 rings (SSSR count). The van der Waals surface area contributed by atoms with Gasteiger partial charge in [-0.15, -0.1) is 0 Å². The number of aliphatic hydroxyl groups excluding tert-OH is 1. The van der Waals surface area contributed by atoms with E-state index >= 15 is 0 Å². The number of rotatable bonds is 6. The van der Waals surface area contributed by atoms with Gasteiger partial charge in [-0.3, -0.25) is 9.59 Å². The van der Waals surface area contributed by atoms with Gasteiger partial charge in [-0.05, 0) is 18.1 Å². The number of benzene rings is 1. The van der Waals surface area contributed by atoms with Crippen molar-refractivity contribution in [2.75, 3.05) is 0 Å². The van der Waals surface area contributed by atoms with Crippen molar-refractivity contribution in [3.63, 3.8) is 0 Å². The molecule has 1 amide bonds. The number of carbonyl (C=O) groups excluding carboxylic acids is 1. The first kappa shape index (κ1) is 17.6. The lowest BCUT2D eigenvalue weighted by atomic mass is 10.0. The second kappa shape index (κ2) is 7.71. The average molecular weight is 352 g/mol. The molecule has 1 aromatic carbocycles. The number of aromatic amines is 1. The third-order valence-electron chi connectivity index (χ3n) is 3.25. The van der Waals surface area contributed by atoms with Crippen molar-refractivity contribution in [1.82, 2.24) is 15.3 Å². The Morgan fingerprint density at radius 3 is 2.62 bits per heavy atom. The van der Waals surface area contributed by atoms with Crippen molar-refractivity contribution in [3.05, 3.63) is 63.3 Å². The quantitative estimate of drug-likeness (QED) is 0.588. The summed E-state index contributed by atoms with van der Waals surface area (Å²) in [6, 6.07) is 5.55. The number of H-pyrrole nitrogens is 1. The van der Waals surface area contributed by atoms with E-state index in [0.29, 0.717) is 10.6 Å². The van der Waals surface area contributed by atoms with Gasteiger partial charge < -0.3 is 20.5 Å². The van der Waals surface area contributed by atoms with Gasteiger partial charge in [0.05, 0.1) is 12.2 Å². The number of nitrogens with zero attached hydrogens (tertiary/aromatic N) is 1. The fourth-order valence-electron chi connectivity index (χ4n) is 2.02. The summed E-state index contributed by atoms with van der Waals surface area (Å²) in [5.74, 6) is -2.22. The van der Waals surface area contributed by atoms with Crippen molar-refractivity contribution in [3.8, 4) is 0 Å². The molecule has 0 saturated carbocycles. The minimum Gasteiger partial charge on any atom is -0.479 e. The maximum atomic E-state index is 12.1. The number of aromatic nitrogens is 2. The topological polar surface area (TPSA) is 132 Å². The molecule has 1 aromatic heterocycles. The van der Waals surface area contributed by atoms with Crippen LogP contribution < -0.4 is 10.9 Å². The normalized spacial score (nSPS) is 13.1. The molecular formula is C15H14ClN3O5. The van der Waals surface area contributed by atoms with Crippen LogP contribution in [0.25, 0.3) is 0 Å². The third kappa shape index (κ3) is 4.40. The van der Waals surface area contributed by atoms with Crippen molar-refractivity contribution >= 4 is 23.5 Å². The highest BCUT2D eigenvalue weighted by molar-refractivity contribution is 6.31. The predicted octanol–water partition coefficient (Wildman–Crippen LogP) is 0.210. The molecule has 0 aliphatic heterocycles. The zero-order valence-electron chi connectivity index (χ0n) is 12.3. The monoisotopic (exact) mass is 351 g/mol. The minimum atomic E-state index is -1.84. The van der Waals surface area contributed by atoms with Crippen LogP contribution in [0.2, 0.25) is 5.02 Å². The fourth-order valence-corrected chi connectivity index (χ4v) is 2.24. The maximum Gasteiger partial charge on any atom is 0.334 e. The number of carbonyl (C=O) groups is 2. The van der Waals surface area contributed by atoms with Crippen LogP contribution in [0.5, 0.6) is 0 Å². The summed E-state index contributed by atoms with van der Waals surface area (Å²) in [6.45, 7) is 0. The molecule has 8 nitrogen and oxygen atoms in total. The molecule has 4 N–H and O–H groups in total. The molecule has 0 radical (unpaired) electrons. The molecule has 0 aliphatic rings. The molecular weight excluding hydrogens is 338 g/mol. The second-order valence-electron chi connectivity index (χ2n) is 4.95. The first-order valence-corrected chi connectivity index (χ1v) is 7.26. The Balaban J connectivity index is 2.21. The van der Waals surface area contributed by atoms with Gasteiger partial charge in [0.15, 0.2) is 6.10 Å². The SMILES string of the molecule is O=C(N[C@H](Cc1ccccc1Cl)[C@@H](O)C(=O)O)c1c[nH]c(=O)cn1. The minimum absolute atomic E-state index is 0.00222. The van der Waals surface area contributed by atoms with Crippen molar-refractivity contribution < 1.29 is 19.8 Å². The van der Waals surface area contributed by atoms with E-state index in [0.717, 1.165) is 12.4 Å². The van der Waals surface area contributed by atoms with Crippen LogP contribution in [-0.4, -0.2) is 44.2 Å². The van der Waals surface area contributed by atoms with Gasteiger partial charge in [0.25, 0.3) is 11.5 Å². The van der Waals surface area contributed by atoms with Gasteiger partial charge in [0.1, 0.15) is 5.69 Å². The van der Waals surface area contributed by atoms with Crippen LogP contribution in [0.4, 0.5) is 0 Å². The highest BCUT2D eigenvalue weighted by Gasteiger charge is 2.28. The van der Waals surface area contributed by atoms with Gasteiger partial charge in [-0.2, -0.15) is 0 Å².